The topological polar surface area (TPSA) is 172 Å². The van der Waals surface area contributed by atoms with E-state index in [0.29, 0.717) is 39.1 Å². The number of morpholine rings is 1. The molecule has 3 rings (SSSR count). The van der Waals surface area contributed by atoms with Crippen LogP contribution in [0.4, 0.5) is 0 Å². The summed E-state index contributed by atoms with van der Waals surface area (Å²) in [5.41, 5.74) is 0.208. The molecule has 1 aliphatic heterocycles. The molecule has 4 amide bonds. The van der Waals surface area contributed by atoms with Crippen molar-refractivity contribution in [3.63, 3.8) is 0 Å². The number of aryl methyl sites for hydroxylation is 1. The fourth-order valence-electron chi connectivity index (χ4n) is 6.70. The van der Waals surface area contributed by atoms with Crippen LogP contribution in [0.3, 0.4) is 0 Å². The molecule has 0 spiro atoms. The molecule has 59 heavy (non-hydrogen) atoms. The molecule has 4 N–H and O–H groups in total. The largest absolute Gasteiger partial charge is 0.450 e. The molecule has 1 fully saturated rings. The van der Waals surface area contributed by atoms with Crippen LogP contribution in [0.15, 0.2) is 60.7 Å². The molecule has 0 saturated carbocycles. The van der Waals surface area contributed by atoms with Gasteiger partial charge in [0.15, 0.2) is 11.4 Å². The van der Waals surface area contributed by atoms with E-state index in [1.54, 1.807) is 0 Å². The van der Waals surface area contributed by atoms with Crippen molar-refractivity contribution in [1.82, 2.24) is 26.2 Å². The van der Waals surface area contributed by atoms with Crippen molar-refractivity contribution < 1.29 is 38.2 Å². The summed E-state index contributed by atoms with van der Waals surface area (Å²) in [6.45, 7) is 11.5. The number of ketones is 1. The number of hydrogen-bond donors (Lipinski definition) is 4. The maximum absolute atomic E-state index is 14.3. The number of amides is 4. The second-order valence-corrected chi connectivity index (χ2v) is 16.8. The molecule has 2 aromatic rings. The number of esters is 1. The van der Waals surface area contributed by atoms with Gasteiger partial charge in [0, 0.05) is 30.4 Å². The lowest BCUT2D eigenvalue weighted by Gasteiger charge is -2.32. The predicted octanol–water partition coefficient (Wildman–Crippen LogP) is 3.94. The minimum atomic E-state index is -1.54. The third-order valence-electron chi connectivity index (χ3n) is 9.87. The Morgan fingerprint density at radius 1 is 0.780 bits per heavy atom. The Morgan fingerprint density at radius 2 is 1.31 bits per heavy atom. The Labute approximate surface area is 363 Å². The summed E-state index contributed by atoms with van der Waals surface area (Å²) in [7, 11) is 0. The van der Waals surface area contributed by atoms with E-state index in [1.807, 2.05) is 116 Å². The molecule has 322 valence electrons. The van der Waals surface area contributed by atoms with E-state index in [0.717, 1.165) is 11.1 Å². The number of Topliss-reactive ketones (excluding diaryl/α,β-unsaturated/α-hetero) is 1. The minimum Gasteiger partial charge on any atom is -0.450 e. The van der Waals surface area contributed by atoms with E-state index >= 15 is 0 Å². The number of benzene rings is 2. The lowest BCUT2D eigenvalue weighted by molar-refractivity contribution is -0.164. The summed E-state index contributed by atoms with van der Waals surface area (Å²) in [6.07, 6.45) is 6.82. The third-order valence-corrected chi connectivity index (χ3v) is 11.3. The predicted molar refractivity (Wildman–Crippen MR) is 235 cm³/mol. The Kier molecular flexibility index (Phi) is 21.1. The van der Waals surface area contributed by atoms with Gasteiger partial charge < -0.3 is 30.7 Å². The highest BCUT2D eigenvalue weighted by atomic mass is 127. The number of nitrogens with one attached hydrogen (secondary N) is 4. The van der Waals surface area contributed by atoms with Crippen LogP contribution in [0.5, 0.6) is 0 Å². The maximum atomic E-state index is 14.3. The molecule has 1 heterocycles. The minimum absolute atomic E-state index is 0.0307. The number of terminal acetylenes is 1. The van der Waals surface area contributed by atoms with Gasteiger partial charge in [0.1, 0.15) is 18.1 Å². The molecule has 3 unspecified atom stereocenters. The van der Waals surface area contributed by atoms with E-state index < -0.39 is 59.2 Å². The van der Waals surface area contributed by atoms with E-state index in [4.69, 9.17) is 15.9 Å². The van der Waals surface area contributed by atoms with Gasteiger partial charge in [-0.15, -0.1) is 12.3 Å². The highest BCUT2D eigenvalue weighted by molar-refractivity contribution is 14.1. The number of hydrogen-bond acceptors (Lipinski definition) is 9. The van der Waals surface area contributed by atoms with Crippen LogP contribution < -0.4 is 21.3 Å². The standard InChI is InChI=1S/C45H62IN5O8/c1-7-8-19-40(53)59-45(6,30-46)41(54)36(26-31(2)3)48-44(57)38(28-34-17-13-10-14-18-34)50-43(56)37(27-32(4)5)49-42(55)35(21-20-33-15-11-9-12-16-33)47-39(52)29-51-22-24-58-25-23-51/h1,9-18,31-32,35-38H,8,19-30H2,2-6H3,(H,47,52)(H,48,57)(H,49,55)(H,50,56)/t35-,36?,37?,38-,45?/m0/s1. The first-order chi connectivity index (χ1) is 28.1. The number of carbonyl (C=O) groups excluding carboxylic acids is 6. The Morgan fingerprint density at radius 3 is 1.88 bits per heavy atom. The van der Waals surface area contributed by atoms with Gasteiger partial charge in [-0.1, -0.05) is 111 Å². The molecule has 13 nitrogen and oxygen atoms in total. The lowest BCUT2D eigenvalue weighted by Crippen LogP contribution is -2.60. The monoisotopic (exact) mass is 927 g/mol. The van der Waals surface area contributed by atoms with Crippen LogP contribution in [0.1, 0.15) is 77.8 Å². The molecule has 14 heteroatoms. The van der Waals surface area contributed by atoms with Gasteiger partial charge in [0.25, 0.3) is 0 Å². The number of carbonyl (C=O) groups is 6. The average molecular weight is 928 g/mol. The second kappa shape index (κ2) is 25.3. The van der Waals surface area contributed by atoms with Gasteiger partial charge in [-0.2, -0.15) is 0 Å². The molecule has 0 radical (unpaired) electrons. The first kappa shape index (κ1) is 49.0. The normalized spacial score (nSPS) is 16.1. The van der Waals surface area contributed by atoms with E-state index in [-0.39, 0.29) is 60.8 Å². The highest BCUT2D eigenvalue weighted by Gasteiger charge is 2.42. The quantitative estimate of drug-likeness (QED) is 0.0527. The zero-order chi connectivity index (χ0) is 43.4. The van der Waals surface area contributed by atoms with Gasteiger partial charge in [-0.25, -0.2) is 0 Å². The highest BCUT2D eigenvalue weighted by Crippen LogP contribution is 2.22. The summed E-state index contributed by atoms with van der Waals surface area (Å²) < 4.78 is 11.2. The zero-order valence-electron chi connectivity index (χ0n) is 35.1. The van der Waals surface area contributed by atoms with E-state index in [2.05, 4.69) is 27.2 Å². The second-order valence-electron chi connectivity index (χ2n) is 16.1. The van der Waals surface area contributed by atoms with Crippen molar-refractivity contribution in [3.8, 4) is 12.3 Å². The van der Waals surface area contributed by atoms with Crippen LogP contribution in [0.2, 0.25) is 0 Å². The number of rotatable bonds is 24. The fraction of sp³-hybridized carbons (Fsp3) is 0.556. The van der Waals surface area contributed by atoms with Crippen LogP contribution in [-0.2, 0) is 51.1 Å². The molecule has 1 saturated heterocycles. The number of ether oxygens (including phenoxy) is 2. The van der Waals surface area contributed by atoms with Crippen molar-refractivity contribution in [3.05, 3.63) is 71.8 Å². The third kappa shape index (κ3) is 17.4. The molecular formula is C45H62IN5O8. The van der Waals surface area contributed by atoms with Gasteiger partial charge in [-0.05, 0) is 55.6 Å². The van der Waals surface area contributed by atoms with Gasteiger partial charge in [0.05, 0.1) is 32.2 Å². The number of nitrogens with zero attached hydrogens (tertiary/aromatic N) is 1. The van der Waals surface area contributed by atoms with Gasteiger partial charge in [-0.3, -0.25) is 33.7 Å². The Bertz CT molecular complexity index is 1710. The summed E-state index contributed by atoms with van der Waals surface area (Å²) in [5.74, 6) is -0.780. The first-order valence-corrected chi connectivity index (χ1v) is 22.0. The fourth-order valence-corrected chi connectivity index (χ4v) is 7.23. The molecule has 2 aromatic carbocycles. The number of halogens is 1. The molecule has 0 bridgehead atoms. The summed E-state index contributed by atoms with van der Waals surface area (Å²) >= 11 is 1.98. The Balaban J connectivity index is 1.87. The smallest absolute Gasteiger partial charge is 0.307 e. The average Bonchev–Trinajstić information content (AvgIpc) is 3.21. The maximum Gasteiger partial charge on any atom is 0.307 e. The lowest BCUT2D eigenvalue weighted by atomic mass is 9.90. The van der Waals surface area contributed by atoms with Gasteiger partial charge >= 0.3 is 5.97 Å². The SMILES string of the molecule is C#CCCC(=O)OC(C)(CI)C(=O)C(CC(C)C)NC(=O)[C@H](Cc1ccccc1)NC(=O)C(CC(C)C)NC(=O)[C@H](CCc1ccccc1)NC(=O)CN1CCOCC1. The van der Waals surface area contributed by atoms with Crippen LogP contribution in [0.25, 0.3) is 0 Å². The van der Waals surface area contributed by atoms with Crippen molar-refractivity contribution in [2.24, 2.45) is 11.8 Å². The molecular weight excluding hydrogens is 865 g/mol. The van der Waals surface area contributed by atoms with Crippen LogP contribution in [-0.4, -0.2) is 107 Å². The summed E-state index contributed by atoms with van der Waals surface area (Å²) in [5, 5.41) is 11.6. The zero-order valence-corrected chi connectivity index (χ0v) is 37.3. The summed E-state index contributed by atoms with van der Waals surface area (Å²) in [4.78, 5) is 84.6. The van der Waals surface area contributed by atoms with Crippen molar-refractivity contribution in [2.45, 2.75) is 109 Å². The molecule has 0 aliphatic carbocycles. The van der Waals surface area contributed by atoms with E-state index in [9.17, 15) is 28.8 Å². The van der Waals surface area contributed by atoms with Crippen LogP contribution >= 0.6 is 22.6 Å². The summed E-state index contributed by atoms with van der Waals surface area (Å²) in [6, 6.07) is 14.6. The Hall–Kier alpha value is -4.33. The number of alkyl halides is 1. The molecule has 0 aromatic heterocycles. The first-order valence-electron chi connectivity index (χ1n) is 20.5. The molecule has 5 atom stereocenters. The van der Waals surface area contributed by atoms with E-state index in [1.165, 1.54) is 6.92 Å². The molecule has 1 aliphatic rings. The van der Waals surface area contributed by atoms with Crippen LogP contribution in [0, 0.1) is 24.2 Å². The van der Waals surface area contributed by atoms with Crippen molar-refractivity contribution >= 4 is 58.0 Å². The van der Waals surface area contributed by atoms with Crippen molar-refractivity contribution in [2.75, 3.05) is 37.3 Å². The van der Waals surface area contributed by atoms with Crippen molar-refractivity contribution in [1.29, 1.82) is 0 Å². The van der Waals surface area contributed by atoms with Gasteiger partial charge in [0.2, 0.25) is 23.6 Å².